The van der Waals surface area contributed by atoms with Gasteiger partial charge in [0, 0.05) is 5.41 Å². The van der Waals surface area contributed by atoms with Gasteiger partial charge in [-0.05, 0) is 25.2 Å². The average Bonchev–Trinajstić information content (AvgIpc) is 2.48. The van der Waals surface area contributed by atoms with Gasteiger partial charge in [-0.2, -0.15) is 0 Å². The fourth-order valence-corrected chi connectivity index (χ4v) is 3.28. The topological polar surface area (TPSA) is 43.1 Å². The van der Waals surface area contributed by atoms with Crippen molar-refractivity contribution >= 4 is 11.5 Å². The van der Waals surface area contributed by atoms with Crippen molar-refractivity contribution in [2.45, 2.75) is 40.5 Å². The van der Waals surface area contributed by atoms with Crippen molar-refractivity contribution in [3.63, 3.8) is 0 Å². The van der Waals surface area contributed by atoms with E-state index in [1.165, 1.54) is 0 Å². The number of carbonyl (C=O) groups excluding carboxylic acids is 1. The molecule has 0 heterocycles. The minimum Gasteiger partial charge on any atom is -0.624 e. The van der Waals surface area contributed by atoms with Crippen molar-refractivity contribution < 1.29 is 9.53 Å². The van der Waals surface area contributed by atoms with Crippen molar-refractivity contribution in [3.8, 4) is 0 Å². The van der Waals surface area contributed by atoms with Crippen LogP contribution in [0.25, 0.3) is 0 Å². The lowest BCUT2D eigenvalue weighted by Crippen LogP contribution is -2.35. The molecule has 0 radical (unpaired) electrons. The minimum atomic E-state index is -0.301. The second-order valence-electron chi connectivity index (χ2n) is 5.55. The van der Waals surface area contributed by atoms with E-state index in [4.69, 9.17) is 0 Å². The van der Waals surface area contributed by atoms with E-state index in [2.05, 4.69) is 13.8 Å². The second-order valence-corrected chi connectivity index (χ2v) is 5.55. The van der Waals surface area contributed by atoms with E-state index in [1.807, 2.05) is 6.92 Å². The Bertz CT molecular complexity index is 357. The Labute approximate surface area is 90.8 Å². The highest BCUT2D eigenvalue weighted by atomic mass is 16.5. The first-order valence-electron chi connectivity index (χ1n) is 5.72. The van der Waals surface area contributed by atoms with Crippen LogP contribution in [0.5, 0.6) is 0 Å². The molecule has 0 amide bonds. The molecule has 0 N–H and O–H groups in total. The summed E-state index contributed by atoms with van der Waals surface area (Å²) < 4.78 is 0.902. The van der Waals surface area contributed by atoms with Gasteiger partial charge in [-0.1, -0.05) is 20.8 Å². The largest absolute Gasteiger partial charge is 0.624 e. The highest BCUT2D eigenvalue weighted by molar-refractivity contribution is 6.43. The molecule has 2 unspecified atom stereocenters. The molecule has 2 bridgehead atoms. The zero-order chi connectivity index (χ0) is 11.4. The van der Waals surface area contributed by atoms with Crippen LogP contribution in [0.2, 0.25) is 0 Å². The molecule has 3 nitrogen and oxygen atoms in total. The summed E-state index contributed by atoms with van der Waals surface area (Å²) in [6.45, 7) is 8.45. The summed E-state index contributed by atoms with van der Waals surface area (Å²) in [6, 6.07) is 0. The predicted octanol–water partition coefficient (Wildman–Crippen LogP) is 1.98. The van der Waals surface area contributed by atoms with E-state index < -0.39 is 0 Å². The van der Waals surface area contributed by atoms with E-state index in [1.54, 1.807) is 6.92 Å². The van der Waals surface area contributed by atoms with Gasteiger partial charge in [0.1, 0.15) is 0 Å². The molecule has 2 rings (SSSR count). The molecular weight excluding hydrogens is 190 g/mol. The van der Waals surface area contributed by atoms with Gasteiger partial charge in [-0.15, -0.1) is 0 Å². The lowest BCUT2D eigenvalue weighted by molar-refractivity contribution is -0.455. The van der Waals surface area contributed by atoms with Gasteiger partial charge in [0.05, 0.1) is 5.92 Å². The molecule has 15 heavy (non-hydrogen) atoms. The van der Waals surface area contributed by atoms with Crippen LogP contribution in [0, 0.1) is 22.0 Å². The van der Waals surface area contributed by atoms with Crippen molar-refractivity contribution in [3.05, 3.63) is 5.21 Å². The monoisotopic (exact) mass is 209 g/mol. The summed E-state index contributed by atoms with van der Waals surface area (Å²) >= 11 is 0. The number of fused-ring (bicyclic) bond motifs is 2. The predicted molar refractivity (Wildman–Crippen MR) is 58.8 cm³/mol. The highest BCUT2D eigenvalue weighted by Crippen LogP contribution is 2.62. The van der Waals surface area contributed by atoms with Gasteiger partial charge in [0.2, 0.25) is 11.5 Å². The van der Waals surface area contributed by atoms with Crippen LogP contribution >= 0.6 is 0 Å². The molecule has 0 aromatic rings. The van der Waals surface area contributed by atoms with Crippen LogP contribution in [0.15, 0.2) is 0 Å². The molecule has 0 spiro atoms. The van der Waals surface area contributed by atoms with Crippen molar-refractivity contribution in [2.24, 2.45) is 16.7 Å². The number of hydrogen-bond acceptors (Lipinski definition) is 2. The summed E-state index contributed by atoms with van der Waals surface area (Å²) in [4.78, 5) is 12.2. The summed E-state index contributed by atoms with van der Waals surface area (Å²) in [7, 11) is 0. The van der Waals surface area contributed by atoms with E-state index in [0.717, 1.165) is 17.6 Å². The molecule has 84 valence electrons. The minimum absolute atomic E-state index is 0.0444. The summed E-state index contributed by atoms with van der Waals surface area (Å²) in [6.07, 6.45) is 1.92. The van der Waals surface area contributed by atoms with E-state index >= 15 is 0 Å². The molecule has 0 aromatic carbocycles. The number of carbonyl (C=O) groups is 1. The van der Waals surface area contributed by atoms with Gasteiger partial charge in [0.15, 0.2) is 6.54 Å². The number of rotatable bonds is 1. The number of nitrogens with zero attached hydrogens (tertiary/aromatic N) is 1. The maximum atomic E-state index is 12.2. The van der Waals surface area contributed by atoms with Crippen LogP contribution < -0.4 is 0 Å². The molecule has 0 aromatic heterocycles. The molecule has 2 atom stereocenters. The molecule has 0 aliphatic heterocycles. The van der Waals surface area contributed by atoms with Crippen LogP contribution in [0.1, 0.15) is 40.5 Å². The van der Waals surface area contributed by atoms with Crippen LogP contribution in [0.4, 0.5) is 0 Å². The molecule has 3 heteroatoms. The summed E-state index contributed by atoms with van der Waals surface area (Å²) in [5, 5.41) is 11.7. The van der Waals surface area contributed by atoms with Gasteiger partial charge < -0.3 is 5.21 Å². The van der Waals surface area contributed by atoms with Crippen molar-refractivity contribution in [1.29, 1.82) is 0 Å². The Balaban J connectivity index is 2.57. The Kier molecular flexibility index (Phi) is 2.01. The SMILES string of the molecule is CC/[N+]([O-])=C1\C(=O)C2(C)CCC1C2(C)C. The third kappa shape index (κ3) is 1.01. The van der Waals surface area contributed by atoms with E-state index in [0.29, 0.717) is 12.3 Å². The number of ketones is 1. The number of Topliss-reactive ketones (excluding diaryl/α,β-unsaturated/α-hetero) is 1. The van der Waals surface area contributed by atoms with Gasteiger partial charge in [-0.25, -0.2) is 4.74 Å². The lowest BCUT2D eigenvalue weighted by Gasteiger charge is -2.30. The first kappa shape index (κ1) is 10.7. The number of hydrogen-bond donors (Lipinski definition) is 0. The summed E-state index contributed by atoms with van der Waals surface area (Å²) in [5.74, 6) is 0.271. The smallest absolute Gasteiger partial charge is 0.234 e. The zero-order valence-electron chi connectivity index (χ0n) is 9.96. The molecule has 0 saturated heterocycles. The van der Waals surface area contributed by atoms with Gasteiger partial charge in [-0.3, -0.25) is 4.79 Å². The second kappa shape index (κ2) is 2.83. The normalized spacial score (nSPS) is 41.1. The molecule has 2 aliphatic rings. The Morgan fingerprint density at radius 3 is 2.47 bits per heavy atom. The molecule has 2 saturated carbocycles. The van der Waals surface area contributed by atoms with Crippen molar-refractivity contribution in [2.75, 3.05) is 6.54 Å². The fraction of sp³-hybridized carbons (Fsp3) is 0.833. The van der Waals surface area contributed by atoms with Crippen LogP contribution in [-0.4, -0.2) is 22.8 Å². The Morgan fingerprint density at radius 1 is 1.47 bits per heavy atom. The average molecular weight is 209 g/mol. The van der Waals surface area contributed by atoms with Crippen LogP contribution in [0.3, 0.4) is 0 Å². The van der Waals surface area contributed by atoms with Crippen molar-refractivity contribution in [1.82, 2.24) is 0 Å². The van der Waals surface area contributed by atoms with E-state index in [-0.39, 0.29) is 22.5 Å². The fourth-order valence-electron chi connectivity index (χ4n) is 3.28. The first-order chi connectivity index (χ1) is 6.86. The molecular formula is C12H19NO2. The standard InChI is InChI=1S/C12H19NO2/c1-5-13(15)9-8-6-7-12(4,10(9)14)11(8,2)3/h8H,5-7H2,1-4H3/b13-9+. The summed E-state index contributed by atoms with van der Waals surface area (Å²) in [5.41, 5.74) is 0.193. The third-order valence-electron chi connectivity index (χ3n) is 4.85. The van der Waals surface area contributed by atoms with E-state index in [9.17, 15) is 10.0 Å². The van der Waals surface area contributed by atoms with Gasteiger partial charge >= 0.3 is 0 Å². The quantitative estimate of drug-likeness (QED) is 0.376. The van der Waals surface area contributed by atoms with Crippen LogP contribution in [-0.2, 0) is 4.79 Å². The molecule has 2 fully saturated rings. The third-order valence-corrected chi connectivity index (χ3v) is 4.85. The first-order valence-corrected chi connectivity index (χ1v) is 5.72. The Morgan fingerprint density at radius 2 is 2.07 bits per heavy atom. The number of hydroxylamine groups is 1. The maximum absolute atomic E-state index is 12.2. The lowest BCUT2D eigenvalue weighted by atomic mass is 9.70. The maximum Gasteiger partial charge on any atom is 0.234 e. The Hall–Kier alpha value is -0.860. The zero-order valence-corrected chi connectivity index (χ0v) is 9.96. The van der Waals surface area contributed by atoms with Gasteiger partial charge in [0.25, 0.3) is 0 Å². The highest BCUT2D eigenvalue weighted by Gasteiger charge is 2.68. The molecule has 2 aliphatic carbocycles.